The molecule has 0 bridgehead atoms. The summed E-state index contributed by atoms with van der Waals surface area (Å²) in [6, 6.07) is 8.45. The van der Waals surface area contributed by atoms with Crippen LogP contribution in [0.25, 0.3) is 0 Å². The quantitative estimate of drug-likeness (QED) is 0.650. The van der Waals surface area contributed by atoms with E-state index in [1.165, 1.54) is 36.6 Å². The summed E-state index contributed by atoms with van der Waals surface area (Å²) in [7, 11) is 1.91. The molecule has 1 aromatic carbocycles. The SMILES string of the molecule is CC(C)c1ccc(OCc2nnc(SCC(=O)N[C@H]3CCCC[C@H]3C)n2C)cc1. The number of aromatic nitrogens is 3. The van der Waals surface area contributed by atoms with E-state index in [1.807, 2.05) is 23.7 Å². The summed E-state index contributed by atoms with van der Waals surface area (Å²) in [5.74, 6) is 3.04. The number of hydrogen-bond donors (Lipinski definition) is 1. The molecule has 7 heteroatoms. The molecule has 1 fully saturated rings. The average molecular weight is 417 g/mol. The lowest BCUT2D eigenvalue weighted by atomic mass is 9.86. The van der Waals surface area contributed by atoms with Gasteiger partial charge in [0, 0.05) is 13.1 Å². The first-order valence-corrected chi connectivity index (χ1v) is 11.5. The van der Waals surface area contributed by atoms with Crippen LogP contribution < -0.4 is 10.1 Å². The molecule has 158 valence electrons. The van der Waals surface area contributed by atoms with Crippen molar-refractivity contribution in [3.05, 3.63) is 35.7 Å². The first-order valence-electron chi connectivity index (χ1n) is 10.5. The maximum Gasteiger partial charge on any atom is 0.230 e. The van der Waals surface area contributed by atoms with E-state index < -0.39 is 0 Å². The van der Waals surface area contributed by atoms with E-state index in [2.05, 4.69) is 48.4 Å². The van der Waals surface area contributed by atoms with Gasteiger partial charge in [-0.1, -0.05) is 57.5 Å². The zero-order valence-corrected chi connectivity index (χ0v) is 18.7. The van der Waals surface area contributed by atoms with Crippen molar-refractivity contribution in [3.63, 3.8) is 0 Å². The molecule has 1 amide bonds. The molecule has 6 nitrogen and oxygen atoms in total. The summed E-state index contributed by atoms with van der Waals surface area (Å²) >= 11 is 1.41. The standard InChI is InChI=1S/C22H32N4O2S/c1-15(2)17-9-11-18(12-10-17)28-13-20-24-25-22(26(20)4)29-14-21(27)23-19-8-6-5-7-16(19)3/h9-12,15-16,19H,5-8,13-14H2,1-4H3,(H,23,27)/t16-,19+/m1/s1. The lowest BCUT2D eigenvalue weighted by molar-refractivity contribution is -0.119. The molecule has 0 saturated heterocycles. The highest BCUT2D eigenvalue weighted by Gasteiger charge is 2.23. The Morgan fingerprint density at radius 2 is 1.97 bits per heavy atom. The lowest BCUT2D eigenvalue weighted by Gasteiger charge is -2.29. The number of amides is 1. The first kappa shape index (κ1) is 21.7. The van der Waals surface area contributed by atoms with Crippen LogP contribution in [0.3, 0.4) is 0 Å². The molecule has 0 aliphatic heterocycles. The molecule has 0 radical (unpaired) electrons. The van der Waals surface area contributed by atoms with Gasteiger partial charge in [0.2, 0.25) is 5.91 Å². The summed E-state index contributed by atoms with van der Waals surface area (Å²) < 4.78 is 7.74. The maximum absolute atomic E-state index is 12.3. The van der Waals surface area contributed by atoms with Gasteiger partial charge in [-0.3, -0.25) is 4.79 Å². The summed E-state index contributed by atoms with van der Waals surface area (Å²) in [4.78, 5) is 12.3. The van der Waals surface area contributed by atoms with E-state index in [9.17, 15) is 4.79 Å². The Morgan fingerprint density at radius 1 is 1.24 bits per heavy atom. The van der Waals surface area contributed by atoms with Gasteiger partial charge in [0.15, 0.2) is 11.0 Å². The fourth-order valence-corrected chi connectivity index (χ4v) is 4.34. The minimum Gasteiger partial charge on any atom is -0.486 e. The zero-order chi connectivity index (χ0) is 20.8. The van der Waals surface area contributed by atoms with Crippen molar-refractivity contribution in [2.24, 2.45) is 13.0 Å². The van der Waals surface area contributed by atoms with Gasteiger partial charge in [0.05, 0.1) is 5.75 Å². The summed E-state index contributed by atoms with van der Waals surface area (Å²) in [6.45, 7) is 6.91. The first-order chi connectivity index (χ1) is 13.9. The monoisotopic (exact) mass is 416 g/mol. The zero-order valence-electron chi connectivity index (χ0n) is 17.9. The van der Waals surface area contributed by atoms with E-state index in [-0.39, 0.29) is 5.91 Å². The molecule has 1 aromatic heterocycles. The fraction of sp³-hybridized carbons (Fsp3) is 0.591. The number of hydrogen-bond acceptors (Lipinski definition) is 5. The van der Waals surface area contributed by atoms with Crippen LogP contribution in [0.1, 0.15) is 63.8 Å². The topological polar surface area (TPSA) is 69.0 Å². The smallest absolute Gasteiger partial charge is 0.230 e. The normalized spacial score (nSPS) is 19.3. The Kier molecular flexibility index (Phi) is 7.58. The molecule has 1 saturated carbocycles. The number of ether oxygens (including phenoxy) is 1. The molecule has 0 spiro atoms. The highest BCUT2D eigenvalue weighted by molar-refractivity contribution is 7.99. The third kappa shape index (κ3) is 5.98. The number of nitrogens with zero attached hydrogens (tertiary/aromatic N) is 3. The van der Waals surface area contributed by atoms with Gasteiger partial charge in [-0.25, -0.2) is 0 Å². The third-order valence-corrected chi connectivity index (χ3v) is 6.65. The van der Waals surface area contributed by atoms with Crippen LogP contribution in [0.5, 0.6) is 5.75 Å². The second-order valence-electron chi connectivity index (χ2n) is 8.19. The molecular weight excluding hydrogens is 384 g/mol. The van der Waals surface area contributed by atoms with Gasteiger partial charge in [-0.15, -0.1) is 10.2 Å². The molecule has 1 N–H and O–H groups in total. The highest BCUT2D eigenvalue weighted by Crippen LogP contribution is 2.24. The second-order valence-corrected chi connectivity index (χ2v) is 9.14. The van der Waals surface area contributed by atoms with Crippen molar-refractivity contribution in [3.8, 4) is 5.75 Å². The Labute approximate surface area is 177 Å². The van der Waals surface area contributed by atoms with Crippen molar-refractivity contribution >= 4 is 17.7 Å². The van der Waals surface area contributed by atoms with Gasteiger partial charge < -0.3 is 14.6 Å². The molecule has 1 heterocycles. The fourth-order valence-electron chi connectivity index (χ4n) is 3.60. The van der Waals surface area contributed by atoms with E-state index in [0.717, 1.165) is 23.2 Å². The largest absolute Gasteiger partial charge is 0.486 e. The van der Waals surface area contributed by atoms with Crippen LogP contribution in [-0.4, -0.2) is 32.5 Å². The second kappa shape index (κ2) is 10.1. The predicted molar refractivity (Wildman–Crippen MR) is 116 cm³/mol. The minimum absolute atomic E-state index is 0.0693. The van der Waals surface area contributed by atoms with E-state index in [1.54, 1.807) is 0 Å². The Balaban J connectivity index is 1.48. The summed E-state index contributed by atoms with van der Waals surface area (Å²) in [5.41, 5.74) is 1.29. The van der Waals surface area contributed by atoms with Gasteiger partial charge >= 0.3 is 0 Å². The van der Waals surface area contributed by atoms with Crippen LogP contribution in [0.2, 0.25) is 0 Å². The van der Waals surface area contributed by atoms with Gasteiger partial charge in [-0.05, 0) is 42.4 Å². The number of carbonyl (C=O) groups excluding carboxylic acids is 1. The van der Waals surface area contributed by atoms with Crippen molar-refractivity contribution in [2.45, 2.75) is 70.2 Å². The average Bonchev–Trinajstić information content (AvgIpc) is 3.06. The van der Waals surface area contributed by atoms with Gasteiger partial charge in [0.25, 0.3) is 0 Å². The van der Waals surface area contributed by atoms with Gasteiger partial charge in [-0.2, -0.15) is 0 Å². The minimum atomic E-state index is 0.0693. The Bertz CT molecular complexity index is 804. The number of benzene rings is 1. The van der Waals surface area contributed by atoms with Crippen molar-refractivity contribution in [2.75, 3.05) is 5.75 Å². The molecule has 3 rings (SSSR count). The molecule has 2 atom stereocenters. The van der Waals surface area contributed by atoms with Crippen molar-refractivity contribution < 1.29 is 9.53 Å². The predicted octanol–water partition coefficient (Wildman–Crippen LogP) is 4.30. The lowest BCUT2D eigenvalue weighted by Crippen LogP contribution is -2.41. The number of carbonyl (C=O) groups is 1. The van der Waals surface area contributed by atoms with E-state index in [0.29, 0.717) is 30.2 Å². The molecule has 1 aliphatic rings. The molecule has 1 aliphatic carbocycles. The molecule has 2 aromatic rings. The van der Waals surface area contributed by atoms with Crippen LogP contribution in [0.15, 0.2) is 29.4 Å². The third-order valence-electron chi connectivity index (χ3n) is 5.63. The number of thioether (sulfide) groups is 1. The number of rotatable bonds is 8. The van der Waals surface area contributed by atoms with E-state index in [4.69, 9.17) is 4.74 Å². The van der Waals surface area contributed by atoms with Crippen LogP contribution in [0.4, 0.5) is 0 Å². The van der Waals surface area contributed by atoms with Crippen molar-refractivity contribution in [1.82, 2.24) is 20.1 Å². The maximum atomic E-state index is 12.3. The van der Waals surface area contributed by atoms with Gasteiger partial charge in [0.1, 0.15) is 12.4 Å². The van der Waals surface area contributed by atoms with Crippen LogP contribution in [0, 0.1) is 5.92 Å². The number of nitrogens with one attached hydrogen (secondary N) is 1. The molecule has 29 heavy (non-hydrogen) atoms. The Morgan fingerprint density at radius 3 is 2.66 bits per heavy atom. The van der Waals surface area contributed by atoms with Crippen molar-refractivity contribution in [1.29, 1.82) is 0 Å². The Hall–Kier alpha value is -2.02. The van der Waals surface area contributed by atoms with E-state index >= 15 is 0 Å². The molecule has 0 unspecified atom stereocenters. The molecular formula is C22H32N4O2S. The summed E-state index contributed by atoms with van der Waals surface area (Å²) in [5, 5.41) is 12.3. The summed E-state index contributed by atoms with van der Waals surface area (Å²) in [6.07, 6.45) is 4.76. The van der Waals surface area contributed by atoms with Crippen LogP contribution in [-0.2, 0) is 18.4 Å². The highest BCUT2D eigenvalue weighted by atomic mass is 32.2. The van der Waals surface area contributed by atoms with Crippen LogP contribution >= 0.6 is 11.8 Å².